The maximum absolute atomic E-state index is 9.74. The molecule has 0 amide bonds. The molecule has 6 nitrogen and oxygen atoms in total. The second-order valence-corrected chi connectivity index (χ2v) is 6.08. The van der Waals surface area contributed by atoms with Crippen LogP contribution in [0, 0.1) is 0 Å². The number of benzene rings is 1. The molecule has 0 aliphatic heterocycles. The number of aromatic nitrogens is 4. The van der Waals surface area contributed by atoms with E-state index in [1.165, 1.54) is 11.3 Å². The highest BCUT2D eigenvalue weighted by atomic mass is 32.2. The number of aromatic hydroxyl groups is 1. The Balaban J connectivity index is 1.87. The summed E-state index contributed by atoms with van der Waals surface area (Å²) in [7, 11) is 0. The molecule has 4 aromatic rings. The minimum atomic E-state index is 0.0984. The van der Waals surface area contributed by atoms with Gasteiger partial charge in [-0.25, -0.2) is 14.5 Å². The molecule has 0 spiro atoms. The molecule has 1 aromatic carbocycles. The summed E-state index contributed by atoms with van der Waals surface area (Å²) in [6.07, 6.45) is 3.75. The fraction of sp³-hybridized carbons (Fsp3) is 0.0833. The van der Waals surface area contributed by atoms with Crippen LogP contribution in [0.4, 0.5) is 0 Å². The fourth-order valence-corrected chi connectivity index (χ4v) is 3.25. The molecule has 0 saturated heterocycles. The minimum Gasteiger partial charge on any atom is -0.506 e. The monoisotopic (exact) mass is 304 g/mol. The number of fused-ring (bicyclic) bond motifs is 2. The molecule has 4 rings (SSSR count). The molecule has 0 bridgehead atoms. The zero-order valence-electron chi connectivity index (χ0n) is 10.3. The number of nitrogens with zero attached hydrogens (tertiary/aromatic N) is 4. The molecule has 0 atom stereocenters. The van der Waals surface area contributed by atoms with E-state index in [4.69, 9.17) is 4.42 Å². The second-order valence-electron chi connectivity index (χ2n) is 4.07. The van der Waals surface area contributed by atoms with Gasteiger partial charge < -0.3 is 9.52 Å². The highest BCUT2D eigenvalue weighted by molar-refractivity contribution is 8.00. The molecule has 0 unspecified atom stereocenters. The highest BCUT2D eigenvalue weighted by Crippen LogP contribution is 2.30. The van der Waals surface area contributed by atoms with Crippen molar-refractivity contribution in [2.24, 2.45) is 0 Å². The predicted octanol–water partition coefficient (Wildman–Crippen LogP) is 3.03. The predicted molar refractivity (Wildman–Crippen MR) is 77.3 cm³/mol. The van der Waals surface area contributed by atoms with Crippen molar-refractivity contribution < 1.29 is 9.52 Å². The van der Waals surface area contributed by atoms with Gasteiger partial charge in [-0.15, -0.1) is 5.10 Å². The zero-order chi connectivity index (χ0) is 13.7. The number of para-hydroxylation sites is 1. The van der Waals surface area contributed by atoms with Crippen LogP contribution in [0.3, 0.4) is 0 Å². The Bertz CT molecular complexity index is 893. The van der Waals surface area contributed by atoms with Crippen LogP contribution in [0.15, 0.2) is 33.2 Å². The van der Waals surface area contributed by atoms with E-state index in [2.05, 4.69) is 15.1 Å². The Morgan fingerprint density at radius 1 is 1.35 bits per heavy atom. The van der Waals surface area contributed by atoms with Crippen LogP contribution in [0.25, 0.3) is 27.6 Å². The smallest absolute Gasteiger partial charge is 0.248 e. The van der Waals surface area contributed by atoms with Gasteiger partial charge in [-0.1, -0.05) is 29.2 Å². The third-order valence-electron chi connectivity index (χ3n) is 2.82. The van der Waals surface area contributed by atoms with Crippen LogP contribution in [0.5, 0.6) is 5.75 Å². The van der Waals surface area contributed by atoms with Crippen molar-refractivity contribution in [1.82, 2.24) is 19.6 Å². The Hall–Kier alpha value is -2.06. The molecule has 0 aliphatic rings. The Labute approximate surface area is 121 Å². The van der Waals surface area contributed by atoms with E-state index in [0.29, 0.717) is 22.7 Å². The second kappa shape index (κ2) is 4.22. The first-order valence-electron chi connectivity index (χ1n) is 5.74. The van der Waals surface area contributed by atoms with E-state index in [-0.39, 0.29) is 5.75 Å². The average molecular weight is 304 g/mol. The quantitative estimate of drug-likeness (QED) is 0.574. The molecule has 20 heavy (non-hydrogen) atoms. The molecular formula is C12H8N4O2S2. The van der Waals surface area contributed by atoms with Gasteiger partial charge in [-0.05, 0) is 18.4 Å². The summed E-state index contributed by atoms with van der Waals surface area (Å²) < 4.78 is 8.28. The summed E-state index contributed by atoms with van der Waals surface area (Å²) in [6, 6.07) is 5.05. The van der Waals surface area contributed by atoms with Crippen molar-refractivity contribution in [3.63, 3.8) is 0 Å². The van der Waals surface area contributed by atoms with Crippen molar-refractivity contribution in [3.8, 4) is 17.3 Å². The first-order chi connectivity index (χ1) is 9.74. The molecule has 3 heterocycles. The van der Waals surface area contributed by atoms with E-state index in [0.717, 1.165) is 9.30 Å². The Kier molecular flexibility index (Phi) is 2.48. The van der Waals surface area contributed by atoms with Crippen molar-refractivity contribution >= 4 is 39.2 Å². The van der Waals surface area contributed by atoms with Crippen molar-refractivity contribution in [3.05, 3.63) is 24.4 Å². The van der Waals surface area contributed by atoms with E-state index < -0.39 is 0 Å². The number of oxazole rings is 1. The first kappa shape index (κ1) is 11.7. The third-order valence-corrected chi connectivity index (χ3v) is 4.71. The lowest BCUT2D eigenvalue weighted by Crippen LogP contribution is -1.80. The Morgan fingerprint density at radius 3 is 3.00 bits per heavy atom. The van der Waals surface area contributed by atoms with Crippen LogP contribution in [-0.2, 0) is 0 Å². The van der Waals surface area contributed by atoms with E-state index >= 15 is 0 Å². The number of hydrogen-bond acceptors (Lipinski definition) is 7. The number of phenolic OH excluding ortho intramolecular Hbond substituents is 1. The lowest BCUT2D eigenvalue weighted by molar-refractivity contribution is 0.480. The molecule has 0 aliphatic carbocycles. The van der Waals surface area contributed by atoms with Crippen LogP contribution in [0.2, 0.25) is 0 Å². The molecule has 8 heteroatoms. The van der Waals surface area contributed by atoms with Gasteiger partial charge >= 0.3 is 0 Å². The average Bonchev–Trinajstić information content (AvgIpc) is 3.09. The van der Waals surface area contributed by atoms with Gasteiger partial charge in [-0.3, -0.25) is 0 Å². The molecular weight excluding hydrogens is 296 g/mol. The van der Waals surface area contributed by atoms with Gasteiger partial charge in [0.15, 0.2) is 15.4 Å². The first-order valence-corrected chi connectivity index (χ1v) is 7.78. The lowest BCUT2D eigenvalue weighted by Gasteiger charge is -1.87. The summed E-state index contributed by atoms with van der Waals surface area (Å²) in [4.78, 5) is 9.51. The van der Waals surface area contributed by atoms with E-state index in [1.807, 2.05) is 6.26 Å². The van der Waals surface area contributed by atoms with Crippen molar-refractivity contribution in [2.75, 3.05) is 6.26 Å². The number of rotatable bonds is 2. The lowest BCUT2D eigenvalue weighted by atomic mass is 10.3. The Morgan fingerprint density at radius 2 is 2.25 bits per heavy atom. The third kappa shape index (κ3) is 1.69. The minimum absolute atomic E-state index is 0.0984. The molecule has 1 N–H and O–H groups in total. The topological polar surface area (TPSA) is 76.5 Å². The molecule has 0 saturated carbocycles. The van der Waals surface area contributed by atoms with Gasteiger partial charge in [0, 0.05) is 0 Å². The number of imidazole rings is 1. The molecule has 3 aromatic heterocycles. The summed E-state index contributed by atoms with van der Waals surface area (Å²) in [6.45, 7) is 0. The van der Waals surface area contributed by atoms with Crippen molar-refractivity contribution in [1.29, 1.82) is 0 Å². The largest absolute Gasteiger partial charge is 0.506 e. The molecule has 0 radical (unpaired) electrons. The van der Waals surface area contributed by atoms with Crippen LogP contribution in [0.1, 0.15) is 0 Å². The standard InChI is InChI=1S/C12H8N4O2S2/c1-19-12-15-16-5-6(13-11(16)20-12)10-14-9-7(17)3-2-4-8(9)18-10/h2-5,17H,1H3. The highest BCUT2D eigenvalue weighted by Gasteiger charge is 2.15. The summed E-state index contributed by atoms with van der Waals surface area (Å²) in [5.41, 5.74) is 1.58. The van der Waals surface area contributed by atoms with Gasteiger partial charge in [0.1, 0.15) is 11.4 Å². The van der Waals surface area contributed by atoms with Crippen LogP contribution < -0.4 is 0 Å². The molecule has 100 valence electrons. The number of hydrogen-bond donors (Lipinski definition) is 1. The normalized spacial score (nSPS) is 11.7. The maximum Gasteiger partial charge on any atom is 0.248 e. The van der Waals surface area contributed by atoms with Gasteiger partial charge in [0.25, 0.3) is 0 Å². The van der Waals surface area contributed by atoms with Gasteiger partial charge in [0.2, 0.25) is 10.9 Å². The van der Waals surface area contributed by atoms with Crippen LogP contribution in [-0.4, -0.2) is 30.9 Å². The molecule has 0 fully saturated rings. The van der Waals surface area contributed by atoms with Crippen molar-refractivity contribution in [2.45, 2.75) is 4.34 Å². The number of thioether (sulfide) groups is 1. The number of phenols is 1. The maximum atomic E-state index is 9.74. The van der Waals surface area contributed by atoms with Gasteiger partial charge in [0.05, 0.1) is 6.20 Å². The summed E-state index contributed by atoms with van der Waals surface area (Å²) in [5.74, 6) is 0.478. The van der Waals surface area contributed by atoms with Crippen LogP contribution >= 0.6 is 23.1 Å². The fourth-order valence-electron chi connectivity index (χ4n) is 1.91. The van der Waals surface area contributed by atoms with E-state index in [9.17, 15) is 5.11 Å². The SMILES string of the molecule is CSc1nn2cc(-c3nc4c(O)cccc4o3)nc2s1. The summed E-state index contributed by atoms with van der Waals surface area (Å²) >= 11 is 3.09. The van der Waals surface area contributed by atoms with E-state index in [1.54, 1.807) is 40.7 Å². The summed E-state index contributed by atoms with van der Waals surface area (Å²) in [5, 5.41) is 14.1. The van der Waals surface area contributed by atoms with Gasteiger partial charge in [-0.2, -0.15) is 0 Å². The zero-order valence-corrected chi connectivity index (χ0v) is 11.9.